The summed E-state index contributed by atoms with van der Waals surface area (Å²) in [6, 6.07) is 20.6. The summed E-state index contributed by atoms with van der Waals surface area (Å²) in [6.45, 7) is 28.7. The Morgan fingerprint density at radius 3 is 1.03 bits per heavy atom. The van der Waals surface area contributed by atoms with Crippen LogP contribution in [0, 0.1) is 13.1 Å². The van der Waals surface area contributed by atoms with Crippen LogP contribution in [0.15, 0.2) is 60.7 Å². The van der Waals surface area contributed by atoms with Crippen LogP contribution >= 0.6 is 0 Å². The minimum atomic E-state index is 0.0753. The summed E-state index contributed by atoms with van der Waals surface area (Å²) in [7, 11) is 0. The van der Waals surface area contributed by atoms with Gasteiger partial charge in [-0.2, -0.15) is 0 Å². The van der Waals surface area contributed by atoms with Gasteiger partial charge in [-0.15, -0.1) is 0 Å². The van der Waals surface area contributed by atoms with E-state index in [0.29, 0.717) is 11.4 Å². The van der Waals surface area contributed by atoms with E-state index in [1.165, 1.54) is 11.1 Å². The van der Waals surface area contributed by atoms with Gasteiger partial charge in [0.1, 0.15) is 0 Å². The lowest BCUT2D eigenvalue weighted by atomic mass is 9.85. The highest BCUT2D eigenvalue weighted by atomic mass is 14.8. The second-order valence-corrected chi connectivity index (χ2v) is 9.74. The number of nitrogens with zero attached hydrogens (tertiary/aromatic N) is 2. The van der Waals surface area contributed by atoms with Gasteiger partial charge in [0.15, 0.2) is 0 Å². The molecule has 0 atom stereocenters. The van der Waals surface area contributed by atoms with Gasteiger partial charge in [-0.25, -0.2) is 9.69 Å². The third-order valence-corrected chi connectivity index (χ3v) is 5.50. The highest BCUT2D eigenvalue weighted by molar-refractivity contribution is 5.97. The molecule has 2 nitrogen and oxygen atoms in total. The molecule has 0 fully saturated rings. The third-order valence-electron chi connectivity index (χ3n) is 5.50. The van der Waals surface area contributed by atoms with E-state index in [1.807, 2.05) is 12.1 Å². The Morgan fingerprint density at radius 2 is 0.800 bits per heavy atom. The monoisotopic (exact) mass is 392 g/mol. The van der Waals surface area contributed by atoms with Crippen LogP contribution in [0.4, 0.5) is 11.4 Å². The molecule has 0 saturated heterocycles. The van der Waals surface area contributed by atoms with Crippen molar-refractivity contribution >= 4 is 11.4 Å². The second kappa shape index (κ2) is 7.81. The molecule has 30 heavy (non-hydrogen) atoms. The predicted octanol–water partition coefficient (Wildman–Crippen LogP) is 8.72. The van der Waals surface area contributed by atoms with Crippen LogP contribution in [0.1, 0.15) is 52.7 Å². The molecule has 0 spiro atoms. The van der Waals surface area contributed by atoms with Crippen LogP contribution in [0.5, 0.6) is 0 Å². The Kier molecular flexibility index (Phi) is 5.56. The fourth-order valence-corrected chi connectivity index (χ4v) is 3.57. The predicted molar refractivity (Wildman–Crippen MR) is 127 cm³/mol. The summed E-state index contributed by atoms with van der Waals surface area (Å²) in [5, 5.41) is 0. The molecule has 3 rings (SSSR count). The topological polar surface area (TPSA) is 8.72 Å². The van der Waals surface area contributed by atoms with Gasteiger partial charge in [-0.3, -0.25) is 0 Å². The maximum atomic E-state index is 7.78. The summed E-state index contributed by atoms with van der Waals surface area (Å²) in [5.41, 5.74) is 7.04. The minimum absolute atomic E-state index is 0.0753. The van der Waals surface area contributed by atoms with Gasteiger partial charge in [0.2, 0.25) is 11.4 Å². The lowest BCUT2D eigenvalue weighted by Gasteiger charge is -2.20. The number of hydrogen-bond acceptors (Lipinski definition) is 0. The number of benzene rings is 3. The van der Waals surface area contributed by atoms with Crippen LogP contribution in [-0.4, -0.2) is 0 Å². The fraction of sp³-hybridized carbons (Fsp3) is 0.286. The Balaban J connectivity index is 2.10. The maximum Gasteiger partial charge on any atom is 0.202 e. The summed E-state index contributed by atoms with van der Waals surface area (Å²) >= 11 is 0. The van der Waals surface area contributed by atoms with Gasteiger partial charge >= 0.3 is 0 Å². The average Bonchev–Trinajstić information content (AvgIpc) is 2.71. The Morgan fingerprint density at radius 1 is 0.500 bits per heavy atom. The van der Waals surface area contributed by atoms with Crippen LogP contribution in [0.2, 0.25) is 0 Å². The molecule has 150 valence electrons. The van der Waals surface area contributed by atoms with E-state index in [4.69, 9.17) is 13.1 Å². The molecule has 0 aliphatic carbocycles. The SMILES string of the molecule is [C-]#[N+]c1c(-c2ccc(C(C)(C)C)cc2)ccc(-c2ccc(C(C)(C)C)cc2)c1[N+]#[C-]. The molecule has 0 bridgehead atoms. The van der Waals surface area contributed by atoms with Crippen molar-refractivity contribution in [2.75, 3.05) is 0 Å². The van der Waals surface area contributed by atoms with E-state index in [1.54, 1.807) is 0 Å². The molecule has 3 aromatic carbocycles. The first-order valence-corrected chi connectivity index (χ1v) is 10.2. The summed E-state index contributed by atoms with van der Waals surface area (Å²) < 4.78 is 0. The highest BCUT2D eigenvalue weighted by Gasteiger charge is 2.19. The van der Waals surface area contributed by atoms with Crippen molar-refractivity contribution in [3.63, 3.8) is 0 Å². The normalized spacial score (nSPS) is 11.6. The van der Waals surface area contributed by atoms with Crippen LogP contribution in [-0.2, 0) is 10.8 Å². The fourth-order valence-electron chi connectivity index (χ4n) is 3.57. The van der Waals surface area contributed by atoms with E-state index < -0.39 is 0 Å². The molecule has 0 aromatic heterocycles. The van der Waals surface area contributed by atoms with Gasteiger partial charge in [-0.1, -0.05) is 102 Å². The van der Waals surface area contributed by atoms with Crippen LogP contribution in [0.25, 0.3) is 31.9 Å². The Hall–Kier alpha value is -3.36. The van der Waals surface area contributed by atoms with Gasteiger partial charge in [0.05, 0.1) is 13.1 Å². The van der Waals surface area contributed by atoms with Crippen molar-refractivity contribution in [3.8, 4) is 22.3 Å². The van der Waals surface area contributed by atoms with E-state index in [0.717, 1.165) is 22.3 Å². The van der Waals surface area contributed by atoms with Crippen molar-refractivity contribution in [2.45, 2.75) is 52.4 Å². The first-order valence-electron chi connectivity index (χ1n) is 10.2. The largest absolute Gasteiger partial charge is 0.249 e. The first-order chi connectivity index (χ1) is 14.1. The van der Waals surface area contributed by atoms with Crippen molar-refractivity contribution < 1.29 is 0 Å². The average molecular weight is 393 g/mol. The van der Waals surface area contributed by atoms with E-state index in [-0.39, 0.29) is 10.8 Å². The molecule has 0 aliphatic heterocycles. The highest BCUT2D eigenvalue weighted by Crippen LogP contribution is 2.45. The molecule has 0 amide bonds. The molecule has 0 unspecified atom stereocenters. The molecule has 0 N–H and O–H groups in total. The standard InChI is InChI=1S/C28H28N2/c1-27(2,3)21-13-9-19(10-14-21)23-17-18-24(26(30-8)25(23)29-7)20-11-15-22(16-12-20)28(4,5)6/h9-18H,1-6H3. The van der Waals surface area contributed by atoms with Gasteiger partial charge in [0, 0.05) is 0 Å². The zero-order chi connectivity index (χ0) is 22.1. The minimum Gasteiger partial charge on any atom is -0.249 e. The zero-order valence-electron chi connectivity index (χ0n) is 18.7. The third kappa shape index (κ3) is 4.14. The number of rotatable bonds is 2. The van der Waals surface area contributed by atoms with Gasteiger partial charge < -0.3 is 0 Å². The van der Waals surface area contributed by atoms with E-state index >= 15 is 0 Å². The summed E-state index contributed by atoms with van der Waals surface area (Å²) in [5.74, 6) is 0. The molecule has 0 radical (unpaired) electrons. The molecular weight excluding hydrogens is 364 g/mol. The van der Waals surface area contributed by atoms with Gasteiger partial charge in [-0.05, 0) is 44.2 Å². The first kappa shape index (κ1) is 21.4. The van der Waals surface area contributed by atoms with Gasteiger partial charge in [0.25, 0.3) is 0 Å². The Labute approximate surface area is 180 Å². The lowest BCUT2D eigenvalue weighted by Crippen LogP contribution is -2.10. The van der Waals surface area contributed by atoms with Crippen molar-refractivity contribution in [1.29, 1.82) is 0 Å². The molecule has 0 heterocycles. The zero-order valence-corrected chi connectivity index (χ0v) is 18.7. The van der Waals surface area contributed by atoms with Crippen LogP contribution < -0.4 is 0 Å². The van der Waals surface area contributed by atoms with E-state index in [2.05, 4.69) is 99.8 Å². The lowest BCUT2D eigenvalue weighted by molar-refractivity contribution is 0.590. The van der Waals surface area contributed by atoms with Crippen LogP contribution in [0.3, 0.4) is 0 Å². The molecule has 3 aromatic rings. The van der Waals surface area contributed by atoms with Crippen molar-refractivity contribution in [2.24, 2.45) is 0 Å². The Bertz CT molecular complexity index is 1040. The molecule has 2 heteroatoms. The summed E-state index contributed by atoms with van der Waals surface area (Å²) in [6.07, 6.45) is 0. The van der Waals surface area contributed by atoms with Crippen molar-refractivity contribution in [3.05, 3.63) is 94.6 Å². The summed E-state index contributed by atoms with van der Waals surface area (Å²) in [4.78, 5) is 7.54. The second-order valence-electron chi connectivity index (χ2n) is 9.74. The maximum absolute atomic E-state index is 7.78. The van der Waals surface area contributed by atoms with Crippen molar-refractivity contribution in [1.82, 2.24) is 0 Å². The molecule has 0 aliphatic rings. The quantitative estimate of drug-likeness (QED) is 0.386. The number of hydrogen-bond donors (Lipinski definition) is 0. The smallest absolute Gasteiger partial charge is 0.202 e. The van der Waals surface area contributed by atoms with E-state index in [9.17, 15) is 0 Å². The molecule has 0 saturated carbocycles. The molecular formula is C28H28N2.